The summed E-state index contributed by atoms with van der Waals surface area (Å²) in [5.74, 6) is 0.735. The number of nitrogens with zero attached hydrogens (tertiary/aromatic N) is 2. The molecule has 0 N–H and O–H groups in total. The van der Waals surface area contributed by atoms with Gasteiger partial charge < -0.3 is 23.2 Å². The number of aromatic nitrogens is 1. The Hall–Kier alpha value is -3.42. The second kappa shape index (κ2) is 13.5. The van der Waals surface area contributed by atoms with E-state index in [2.05, 4.69) is 0 Å². The molecule has 10 nitrogen and oxygen atoms in total. The molecule has 13 heteroatoms. The number of allylic oxidation sites excluding steroid dienone is 6. The molecule has 2 aliphatic rings. The van der Waals surface area contributed by atoms with Gasteiger partial charge in [-0.25, -0.2) is 16.8 Å². The summed E-state index contributed by atoms with van der Waals surface area (Å²) in [6.45, 7) is 4.50. The highest BCUT2D eigenvalue weighted by atomic mass is 35.5. The first kappa shape index (κ1) is 33.0. The van der Waals surface area contributed by atoms with Gasteiger partial charge in [0, 0.05) is 35.6 Å². The van der Waals surface area contributed by atoms with E-state index < -0.39 is 31.7 Å². The van der Waals surface area contributed by atoms with Crippen LogP contribution >= 0.6 is 11.6 Å². The Balaban J connectivity index is 1.41. The Morgan fingerprint density at radius 2 is 1.64 bits per heavy atom. The van der Waals surface area contributed by atoms with Crippen molar-refractivity contribution in [3.8, 4) is 5.75 Å². The lowest BCUT2D eigenvalue weighted by atomic mass is 9.94. The first-order valence-corrected chi connectivity index (χ1v) is 18.1. The second-order valence-corrected chi connectivity index (χ2v) is 14.7. The minimum absolute atomic E-state index is 0.153. The van der Waals surface area contributed by atoms with Crippen LogP contribution in [0.4, 0.5) is 5.69 Å². The zero-order valence-electron chi connectivity index (χ0n) is 25.0. The summed E-state index contributed by atoms with van der Waals surface area (Å²) in [4.78, 5) is 1.87. The van der Waals surface area contributed by atoms with E-state index in [9.17, 15) is 25.9 Å². The normalized spacial score (nSPS) is 17.7. The maximum atomic E-state index is 11.2. The molecule has 0 saturated carbocycles. The summed E-state index contributed by atoms with van der Waals surface area (Å²) in [5, 5.41) is 0.598. The first-order chi connectivity index (χ1) is 21.3. The lowest BCUT2D eigenvalue weighted by molar-refractivity contribution is -0.677. The number of fused-ring (bicyclic) bond motifs is 2. The van der Waals surface area contributed by atoms with Gasteiger partial charge in [0.25, 0.3) is 5.52 Å². The highest BCUT2D eigenvalue weighted by Gasteiger charge is 2.26. The van der Waals surface area contributed by atoms with Gasteiger partial charge >= 0.3 is 5.89 Å². The number of anilines is 1. The Labute approximate surface area is 268 Å². The van der Waals surface area contributed by atoms with Crippen LogP contribution in [0.25, 0.3) is 17.2 Å². The van der Waals surface area contributed by atoms with E-state index in [0.717, 1.165) is 52.7 Å². The van der Waals surface area contributed by atoms with Crippen LogP contribution in [0.2, 0.25) is 0 Å². The smallest absolute Gasteiger partial charge is 0.374 e. The van der Waals surface area contributed by atoms with Crippen LogP contribution in [0.5, 0.6) is 5.75 Å². The number of benzene rings is 2. The predicted octanol–water partition coefficient (Wildman–Crippen LogP) is 5.56. The van der Waals surface area contributed by atoms with E-state index in [1.165, 1.54) is 0 Å². The first-order valence-electron chi connectivity index (χ1n) is 14.6. The number of rotatable bonds is 11. The van der Waals surface area contributed by atoms with E-state index >= 15 is 0 Å². The molecule has 0 atom stereocenters. The number of oxazole rings is 1. The number of halogens is 1. The van der Waals surface area contributed by atoms with Gasteiger partial charge in [-0.3, -0.25) is 0 Å². The molecule has 0 spiro atoms. The molecule has 1 aliphatic heterocycles. The molecule has 0 bridgehead atoms. The molecule has 5 rings (SSSR count). The van der Waals surface area contributed by atoms with Crippen LogP contribution in [-0.4, -0.2) is 44.0 Å². The molecular formula is C32H34ClN2O8S2-. The van der Waals surface area contributed by atoms with Gasteiger partial charge in [-0.05, 0) is 92.2 Å². The van der Waals surface area contributed by atoms with Gasteiger partial charge in [-0.15, -0.1) is 0 Å². The molecule has 1 aliphatic carbocycles. The van der Waals surface area contributed by atoms with Crippen LogP contribution in [0, 0.1) is 13.8 Å². The topological polar surface area (TPSA) is 144 Å². The van der Waals surface area contributed by atoms with Gasteiger partial charge in [0.05, 0.1) is 32.0 Å². The lowest BCUT2D eigenvalue weighted by Crippen LogP contribution is -2.36. The number of hydrogen-bond donors (Lipinski definition) is 0. The third-order valence-electron chi connectivity index (χ3n) is 7.63. The number of ether oxygens (including phenoxy) is 1. The Morgan fingerprint density at radius 1 is 0.933 bits per heavy atom. The van der Waals surface area contributed by atoms with E-state index in [-0.39, 0.29) is 12.8 Å². The van der Waals surface area contributed by atoms with Crippen molar-refractivity contribution in [2.45, 2.75) is 52.5 Å². The molecule has 2 heterocycles. The van der Waals surface area contributed by atoms with Crippen molar-refractivity contribution in [3.05, 3.63) is 93.7 Å². The standard InChI is InChI=1S/C32H35ClN2O8S2/c1-22-8-12-28-26(20-22)34(16-4-18-44(36,37)38)30(42-28)14-10-24-6-3-7-25(32(24)33)11-15-31-35(17-5-19-45(39,40)41)27-21-23(2)9-13-29(27)43-31/h8-15,20-21H,3-7,16-19H2,1-2H3,(H-,36,37,38,39,40,41)/p-1. The fourth-order valence-electron chi connectivity index (χ4n) is 5.48. The molecule has 0 saturated heterocycles. The summed E-state index contributed by atoms with van der Waals surface area (Å²) < 4.78 is 81.2. The van der Waals surface area contributed by atoms with Crippen LogP contribution in [0.3, 0.4) is 0 Å². The number of aryl methyl sites for hydroxylation is 3. The summed E-state index contributed by atoms with van der Waals surface area (Å²) >= 11 is 6.89. The van der Waals surface area contributed by atoms with Crippen molar-refractivity contribution < 1.29 is 39.7 Å². The molecule has 0 unspecified atom stereocenters. The average Bonchev–Trinajstić information content (AvgIpc) is 3.47. The minimum Gasteiger partial charge on any atom is -0.748 e. The maximum absolute atomic E-state index is 11.2. The highest BCUT2D eigenvalue weighted by molar-refractivity contribution is 7.85. The molecular weight excluding hydrogens is 640 g/mol. The molecule has 240 valence electrons. The largest absolute Gasteiger partial charge is 0.748 e. The zero-order chi connectivity index (χ0) is 32.4. The zero-order valence-corrected chi connectivity index (χ0v) is 27.4. The highest BCUT2D eigenvalue weighted by Crippen LogP contribution is 2.40. The van der Waals surface area contributed by atoms with Crippen molar-refractivity contribution in [2.75, 3.05) is 23.0 Å². The summed E-state index contributed by atoms with van der Waals surface area (Å²) in [7, 11) is -8.67. The second-order valence-electron chi connectivity index (χ2n) is 11.2. The minimum atomic E-state index is -4.33. The molecule has 3 aromatic rings. The van der Waals surface area contributed by atoms with Crippen LogP contribution in [-0.2, 0) is 26.8 Å². The van der Waals surface area contributed by atoms with E-state index in [4.69, 9.17) is 20.8 Å². The average molecular weight is 674 g/mol. The van der Waals surface area contributed by atoms with Crippen molar-refractivity contribution in [1.82, 2.24) is 0 Å². The van der Waals surface area contributed by atoms with Gasteiger partial charge in [-0.2, -0.15) is 4.57 Å². The molecule has 2 aromatic carbocycles. The monoisotopic (exact) mass is 673 g/mol. The summed E-state index contributed by atoms with van der Waals surface area (Å²) in [5.41, 5.74) is 6.10. The van der Waals surface area contributed by atoms with Crippen LogP contribution in [0.1, 0.15) is 49.1 Å². The molecule has 1 aromatic heterocycles. The van der Waals surface area contributed by atoms with Crippen molar-refractivity contribution >= 4 is 54.7 Å². The van der Waals surface area contributed by atoms with Crippen molar-refractivity contribution in [2.24, 2.45) is 0 Å². The lowest BCUT2D eigenvalue weighted by Gasteiger charge is -2.19. The van der Waals surface area contributed by atoms with Gasteiger partial charge in [0.15, 0.2) is 12.3 Å². The van der Waals surface area contributed by atoms with Gasteiger partial charge in [0.1, 0.15) is 0 Å². The molecule has 45 heavy (non-hydrogen) atoms. The molecule has 0 fully saturated rings. The fraction of sp³-hybridized carbons (Fsp3) is 0.344. The van der Waals surface area contributed by atoms with Gasteiger partial charge in [0.2, 0.25) is 11.5 Å². The van der Waals surface area contributed by atoms with Crippen molar-refractivity contribution in [3.63, 3.8) is 0 Å². The third kappa shape index (κ3) is 8.44. The Kier molecular flexibility index (Phi) is 9.90. The van der Waals surface area contributed by atoms with E-state index in [1.54, 1.807) is 0 Å². The summed E-state index contributed by atoms with van der Waals surface area (Å²) in [6, 6.07) is 11.5. The Morgan fingerprint density at radius 3 is 2.40 bits per heavy atom. The van der Waals surface area contributed by atoms with Crippen LogP contribution in [0.15, 0.2) is 81.1 Å². The van der Waals surface area contributed by atoms with Gasteiger partial charge in [-0.1, -0.05) is 29.8 Å². The molecule has 0 amide bonds. The fourth-order valence-corrected chi connectivity index (χ4v) is 6.76. The maximum Gasteiger partial charge on any atom is 0.374 e. The van der Waals surface area contributed by atoms with E-state index in [0.29, 0.717) is 41.2 Å². The SMILES string of the molecule is Cc1ccc2c(c1)N(CCCS(=O)(=O)[O-])C(=CC=C1CCCC(C=Cc3oc4ccc(C)cc4[n+]3CCCS(=O)(=O)[O-])=C1Cl)O2. The summed E-state index contributed by atoms with van der Waals surface area (Å²) in [6.07, 6.45) is 10.1. The number of hydrogen-bond acceptors (Lipinski definition) is 9. The van der Waals surface area contributed by atoms with Crippen LogP contribution < -0.4 is 14.2 Å². The quantitative estimate of drug-likeness (QED) is 0.189. The molecule has 0 radical (unpaired) electrons. The van der Waals surface area contributed by atoms with E-state index in [1.807, 2.05) is 84.0 Å². The third-order valence-corrected chi connectivity index (χ3v) is 9.70. The predicted molar refractivity (Wildman–Crippen MR) is 171 cm³/mol. The Bertz CT molecular complexity index is 1960. The van der Waals surface area contributed by atoms with Crippen molar-refractivity contribution in [1.29, 1.82) is 0 Å².